The summed E-state index contributed by atoms with van der Waals surface area (Å²) in [6.45, 7) is 2.42. The highest BCUT2D eigenvalue weighted by atomic mass is 32.1. The molecule has 0 unspecified atom stereocenters. The number of aliphatic hydroxyl groups excluding tert-OH is 1. The maximum Gasteiger partial charge on any atom is 0.191 e. The predicted octanol–water partition coefficient (Wildman–Crippen LogP) is 3.51. The third kappa shape index (κ3) is 3.51. The first-order valence-electron chi connectivity index (χ1n) is 5.03. The molecule has 0 amide bonds. The van der Waals surface area contributed by atoms with Crippen LogP contribution in [0.25, 0.3) is 5.57 Å². The average Bonchev–Trinajstić information content (AvgIpc) is 2.31. The van der Waals surface area contributed by atoms with E-state index in [0.717, 1.165) is 17.4 Å². The molecule has 0 saturated heterocycles. The molecule has 1 rings (SSSR count). The van der Waals surface area contributed by atoms with Crippen molar-refractivity contribution in [1.29, 1.82) is 0 Å². The molecule has 0 aliphatic rings. The van der Waals surface area contributed by atoms with Crippen molar-refractivity contribution >= 4 is 22.8 Å². The molecule has 0 heterocycles. The SMILES string of the molecule is CCOC(=S)C(=CC=CO)c1ccccc1. The van der Waals surface area contributed by atoms with Gasteiger partial charge in [0.15, 0.2) is 5.05 Å². The normalized spacial score (nSPS) is 11.7. The van der Waals surface area contributed by atoms with Crippen LogP contribution in [0.3, 0.4) is 0 Å². The Morgan fingerprint density at radius 2 is 2.06 bits per heavy atom. The Hall–Kier alpha value is -1.61. The summed E-state index contributed by atoms with van der Waals surface area (Å²) in [5.41, 5.74) is 1.77. The minimum atomic E-state index is 0.437. The maximum absolute atomic E-state index is 8.66. The molecule has 0 fully saturated rings. The number of allylic oxidation sites excluding steroid dienone is 2. The van der Waals surface area contributed by atoms with Crippen molar-refractivity contribution in [1.82, 2.24) is 0 Å². The van der Waals surface area contributed by atoms with Crippen LogP contribution >= 0.6 is 12.2 Å². The molecule has 0 aliphatic carbocycles. The van der Waals surface area contributed by atoms with E-state index in [1.807, 2.05) is 37.3 Å². The second kappa shape index (κ2) is 6.80. The van der Waals surface area contributed by atoms with E-state index in [9.17, 15) is 0 Å². The van der Waals surface area contributed by atoms with E-state index in [4.69, 9.17) is 22.1 Å². The molecule has 16 heavy (non-hydrogen) atoms. The zero-order chi connectivity index (χ0) is 11.8. The minimum Gasteiger partial charge on any atom is -0.516 e. The van der Waals surface area contributed by atoms with Gasteiger partial charge < -0.3 is 9.84 Å². The smallest absolute Gasteiger partial charge is 0.191 e. The van der Waals surface area contributed by atoms with Gasteiger partial charge in [-0.1, -0.05) is 30.3 Å². The van der Waals surface area contributed by atoms with E-state index in [2.05, 4.69) is 0 Å². The molecule has 0 radical (unpaired) electrons. The molecule has 1 aromatic rings. The van der Waals surface area contributed by atoms with Gasteiger partial charge in [-0.3, -0.25) is 0 Å². The third-order valence-corrected chi connectivity index (χ3v) is 2.27. The van der Waals surface area contributed by atoms with Crippen LogP contribution in [0.1, 0.15) is 12.5 Å². The van der Waals surface area contributed by atoms with Gasteiger partial charge in [-0.05, 0) is 36.9 Å². The molecule has 0 aromatic heterocycles. The Labute approximate surface area is 101 Å². The summed E-state index contributed by atoms with van der Waals surface area (Å²) in [6.07, 6.45) is 4.22. The van der Waals surface area contributed by atoms with Crippen LogP contribution in [0.2, 0.25) is 0 Å². The highest BCUT2D eigenvalue weighted by molar-refractivity contribution is 7.81. The van der Waals surface area contributed by atoms with Gasteiger partial charge in [-0.15, -0.1) is 0 Å². The summed E-state index contributed by atoms with van der Waals surface area (Å²) in [5, 5.41) is 9.10. The number of benzene rings is 1. The van der Waals surface area contributed by atoms with Gasteiger partial charge in [-0.2, -0.15) is 0 Å². The van der Waals surface area contributed by atoms with Crippen molar-refractivity contribution in [3.8, 4) is 0 Å². The van der Waals surface area contributed by atoms with Crippen LogP contribution in [0.4, 0.5) is 0 Å². The molecule has 3 heteroatoms. The summed E-state index contributed by atoms with van der Waals surface area (Å²) < 4.78 is 5.30. The Morgan fingerprint density at radius 3 is 2.62 bits per heavy atom. The molecular formula is C13H14O2S. The van der Waals surface area contributed by atoms with Crippen molar-refractivity contribution in [2.45, 2.75) is 6.92 Å². The molecule has 0 bridgehead atoms. The van der Waals surface area contributed by atoms with E-state index in [0.29, 0.717) is 11.7 Å². The fourth-order valence-corrected chi connectivity index (χ4v) is 1.55. The van der Waals surface area contributed by atoms with E-state index in [1.165, 1.54) is 6.08 Å². The summed E-state index contributed by atoms with van der Waals surface area (Å²) >= 11 is 5.16. The maximum atomic E-state index is 8.66. The third-order valence-electron chi connectivity index (χ3n) is 1.93. The molecule has 1 aromatic carbocycles. The average molecular weight is 234 g/mol. The van der Waals surface area contributed by atoms with Gasteiger partial charge >= 0.3 is 0 Å². The lowest BCUT2D eigenvalue weighted by Gasteiger charge is -2.09. The fraction of sp³-hybridized carbons (Fsp3) is 0.154. The number of hydrogen-bond donors (Lipinski definition) is 1. The summed E-state index contributed by atoms with van der Waals surface area (Å²) in [4.78, 5) is 0. The van der Waals surface area contributed by atoms with E-state index < -0.39 is 0 Å². The van der Waals surface area contributed by atoms with Crippen molar-refractivity contribution in [2.75, 3.05) is 6.61 Å². The first kappa shape index (κ1) is 12.5. The van der Waals surface area contributed by atoms with Gasteiger partial charge in [0.25, 0.3) is 0 Å². The first-order chi connectivity index (χ1) is 7.79. The zero-order valence-electron chi connectivity index (χ0n) is 9.09. The monoisotopic (exact) mass is 234 g/mol. The van der Waals surface area contributed by atoms with Crippen molar-refractivity contribution in [2.24, 2.45) is 0 Å². The predicted molar refractivity (Wildman–Crippen MR) is 70.4 cm³/mol. The number of rotatable bonds is 4. The van der Waals surface area contributed by atoms with Crippen molar-refractivity contribution < 1.29 is 9.84 Å². The molecule has 2 nitrogen and oxygen atoms in total. The zero-order valence-corrected chi connectivity index (χ0v) is 9.91. The summed E-state index contributed by atoms with van der Waals surface area (Å²) in [6, 6.07) is 9.69. The van der Waals surface area contributed by atoms with Crippen LogP contribution in [-0.4, -0.2) is 16.8 Å². The molecule has 1 N–H and O–H groups in total. The highest BCUT2D eigenvalue weighted by Crippen LogP contribution is 2.17. The fourth-order valence-electron chi connectivity index (χ4n) is 1.25. The number of thiocarbonyl (C=S) groups is 1. The van der Waals surface area contributed by atoms with Crippen LogP contribution in [0.5, 0.6) is 0 Å². The lowest BCUT2D eigenvalue weighted by atomic mass is 10.1. The van der Waals surface area contributed by atoms with Crippen LogP contribution in [0.15, 0.2) is 48.7 Å². The summed E-state index contributed by atoms with van der Waals surface area (Å²) in [5.74, 6) is 0. The van der Waals surface area contributed by atoms with Crippen LogP contribution in [-0.2, 0) is 4.74 Å². The largest absolute Gasteiger partial charge is 0.516 e. The Balaban J connectivity index is 3.02. The summed E-state index contributed by atoms with van der Waals surface area (Å²) in [7, 11) is 0. The van der Waals surface area contributed by atoms with E-state index in [-0.39, 0.29) is 0 Å². The second-order valence-electron chi connectivity index (χ2n) is 3.01. The van der Waals surface area contributed by atoms with Crippen LogP contribution < -0.4 is 0 Å². The molecule has 0 spiro atoms. The number of ether oxygens (including phenoxy) is 1. The Morgan fingerprint density at radius 1 is 1.38 bits per heavy atom. The molecular weight excluding hydrogens is 220 g/mol. The molecule has 0 saturated carbocycles. The van der Waals surface area contributed by atoms with Gasteiger partial charge in [0.05, 0.1) is 12.9 Å². The van der Waals surface area contributed by atoms with Gasteiger partial charge in [0, 0.05) is 5.57 Å². The lowest BCUT2D eigenvalue weighted by molar-refractivity contribution is 0.341. The van der Waals surface area contributed by atoms with Gasteiger partial charge in [0.1, 0.15) is 0 Å². The quantitative estimate of drug-likeness (QED) is 0.374. The van der Waals surface area contributed by atoms with E-state index in [1.54, 1.807) is 6.08 Å². The Kier molecular flexibility index (Phi) is 5.29. The Bertz CT molecular complexity index is 394. The topological polar surface area (TPSA) is 29.5 Å². The first-order valence-corrected chi connectivity index (χ1v) is 5.44. The van der Waals surface area contributed by atoms with Crippen LogP contribution in [0, 0.1) is 0 Å². The lowest BCUT2D eigenvalue weighted by Crippen LogP contribution is -2.04. The highest BCUT2D eigenvalue weighted by Gasteiger charge is 2.07. The van der Waals surface area contributed by atoms with Gasteiger partial charge in [-0.25, -0.2) is 0 Å². The van der Waals surface area contributed by atoms with E-state index >= 15 is 0 Å². The molecule has 0 aliphatic heterocycles. The minimum absolute atomic E-state index is 0.437. The second-order valence-corrected chi connectivity index (χ2v) is 3.38. The van der Waals surface area contributed by atoms with Crippen molar-refractivity contribution in [3.63, 3.8) is 0 Å². The molecule has 84 valence electrons. The number of hydrogen-bond acceptors (Lipinski definition) is 3. The molecule has 0 atom stereocenters. The standard InChI is InChI=1S/C13H14O2S/c1-2-15-13(16)12(9-6-10-14)11-7-4-3-5-8-11/h3-10,14H,2H2,1H3. The number of aliphatic hydroxyl groups is 1. The van der Waals surface area contributed by atoms with Crippen molar-refractivity contribution in [3.05, 3.63) is 54.3 Å². The van der Waals surface area contributed by atoms with Gasteiger partial charge in [0.2, 0.25) is 0 Å².